The van der Waals surface area contributed by atoms with E-state index in [4.69, 9.17) is 33.5 Å². The number of nitrogens with zero attached hydrogens (tertiary/aromatic N) is 2. The minimum Gasteiger partial charge on any atom is -0.399 e. The van der Waals surface area contributed by atoms with Crippen LogP contribution in [0, 0.1) is 0 Å². The Morgan fingerprint density at radius 2 is 1.86 bits per heavy atom. The highest BCUT2D eigenvalue weighted by Crippen LogP contribution is 2.29. The van der Waals surface area contributed by atoms with Crippen molar-refractivity contribution >= 4 is 28.9 Å². The zero-order valence-corrected chi connectivity index (χ0v) is 12.4. The summed E-state index contributed by atoms with van der Waals surface area (Å²) in [6, 6.07) is 12.7. The largest absolute Gasteiger partial charge is 0.399 e. The minimum absolute atomic E-state index is 0.342. The Hall–Kier alpha value is -2.04. The molecule has 106 valence electrons. The molecule has 0 saturated carbocycles. The Labute approximate surface area is 131 Å². The molecule has 0 fully saturated rings. The van der Waals surface area contributed by atoms with Gasteiger partial charge in [0.1, 0.15) is 0 Å². The van der Waals surface area contributed by atoms with E-state index in [0.717, 1.165) is 5.56 Å². The van der Waals surface area contributed by atoms with Gasteiger partial charge < -0.3 is 10.3 Å². The van der Waals surface area contributed by atoms with E-state index in [1.54, 1.807) is 18.2 Å². The zero-order valence-electron chi connectivity index (χ0n) is 10.9. The van der Waals surface area contributed by atoms with Crippen LogP contribution in [0.1, 0.15) is 11.4 Å². The molecule has 0 saturated heterocycles. The molecule has 0 amide bonds. The maximum atomic E-state index is 6.12. The van der Waals surface area contributed by atoms with E-state index in [1.165, 1.54) is 0 Å². The van der Waals surface area contributed by atoms with Crippen molar-refractivity contribution in [3.8, 4) is 11.5 Å². The van der Waals surface area contributed by atoms with Crippen LogP contribution in [-0.4, -0.2) is 10.1 Å². The van der Waals surface area contributed by atoms with Crippen LogP contribution in [0.5, 0.6) is 0 Å². The van der Waals surface area contributed by atoms with E-state index in [-0.39, 0.29) is 0 Å². The number of anilines is 1. The predicted molar refractivity (Wildman–Crippen MR) is 83.4 cm³/mol. The fraction of sp³-hybridized carbons (Fsp3) is 0.0667. The van der Waals surface area contributed by atoms with Crippen LogP contribution >= 0.6 is 23.2 Å². The van der Waals surface area contributed by atoms with Crippen molar-refractivity contribution in [3.05, 3.63) is 63.9 Å². The first-order valence-corrected chi connectivity index (χ1v) is 7.00. The number of benzene rings is 2. The van der Waals surface area contributed by atoms with E-state index < -0.39 is 0 Å². The van der Waals surface area contributed by atoms with Crippen molar-refractivity contribution in [3.63, 3.8) is 0 Å². The average Bonchev–Trinajstić information content (AvgIpc) is 2.92. The summed E-state index contributed by atoms with van der Waals surface area (Å²) < 4.78 is 5.25. The van der Waals surface area contributed by atoms with Crippen molar-refractivity contribution in [1.29, 1.82) is 0 Å². The second-order valence-corrected chi connectivity index (χ2v) is 5.34. The van der Waals surface area contributed by atoms with E-state index in [0.29, 0.717) is 39.4 Å². The van der Waals surface area contributed by atoms with Gasteiger partial charge in [-0.2, -0.15) is 4.98 Å². The Balaban J connectivity index is 1.90. The summed E-state index contributed by atoms with van der Waals surface area (Å²) in [4.78, 5) is 4.34. The van der Waals surface area contributed by atoms with Gasteiger partial charge in [-0.05, 0) is 29.8 Å². The Bertz CT molecular complexity index is 786. The lowest BCUT2D eigenvalue weighted by molar-refractivity contribution is 0.424. The third-order valence-corrected chi connectivity index (χ3v) is 3.69. The van der Waals surface area contributed by atoms with E-state index in [2.05, 4.69) is 10.1 Å². The van der Waals surface area contributed by atoms with Crippen molar-refractivity contribution < 1.29 is 4.52 Å². The normalized spacial score (nSPS) is 10.8. The quantitative estimate of drug-likeness (QED) is 0.734. The molecule has 4 nitrogen and oxygen atoms in total. The third kappa shape index (κ3) is 3.01. The van der Waals surface area contributed by atoms with Crippen molar-refractivity contribution in [2.24, 2.45) is 0 Å². The molecule has 2 N–H and O–H groups in total. The number of hydrogen-bond donors (Lipinski definition) is 1. The molecule has 3 rings (SSSR count). The fourth-order valence-electron chi connectivity index (χ4n) is 1.95. The Kier molecular flexibility index (Phi) is 3.82. The first kappa shape index (κ1) is 13.9. The lowest BCUT2D eigenvalue weighted by Gasteiger charge is -2.00. The highest BCUT2D eigenvalue weighted by Gasteiger charge is 2.13. The summed E-state index contributed by atoms with van der Waals surface area (Å²) in [5.74, 6) is 0.881. The van der Waals surface area contributed by atoms with E-state index >= 15 is 0 Å². The van der Waals surface area contributed by atoms with E-state index in [9.17, 15) is 0 Å². The summed E-state index contributed by atoms with van der Waals surface area (Å²) in [5.41, 5.74) is 7.89. The molecule has 3 aromatic rings. The topological polar surface area (TPSA) is 64.9 Å². The van der Waals surface area contributed by atoms with Crippen molar-refractivity contribution in [2.75, 3.05) is 5.73 Å². The third-order valence-electron chi connectivity index (χ3n) is 3.00. The molecule has 0 radical (unpaired) electrons. The molecule has 6 heteroatoms. The molecule has 0 aliphatic carbocycles. The summed E-state index contributed by atoms with van der Waals surface area (Å²) >= 11 is 12.2. The van der Waals surface area contributed by atoms with E-state index in [1.807, 2.05) is 24.3 Å². The predicted octanol–water partition coefficient (Wildman–Crippen LogP) is 4.22. The molecular weight excluding hydrogens is 309 g/mol. The average molecular weight is 320 g/mol. The molecule has 0 aliphatic heterocycles. The summed E-state index contributed by atoms with van der Waals surface area (Å²) in [7, 11) is 0. The number of halogens is 2. The summed E-state index contributed by atoms with van der Waals surface area (Å²) in [6.07, 6.45) is 0.489. The molecule has 2 aromatic carbocycles. The van der Waals surface area contributed by atoms with Crippen LogP contribution in [0.2, 0.25) is 10.0 Å². The minimum atomic E-state index is 0.342. The Morgan fingerprint density at radius 1 is 1.05 bits per heavy atom. The lowest BCUT2D eigenvalue weighted by atomic mass is 10.1. The number of nitrogens with two attached hydrogens (primary N) is 1. The van der Waals surface area contributed by atoms with Crippen LogP contribution in [0.15, 0.2) is 47.0 Å². The smallest absolute Gasteiger partial charge is 0.259 e. The molecule has 0 bridgehead atoms. The number of nitrogen functional groups attached to an aromatic ring is 1. The number of hydrogen-bond acceptors (Lipinski definition) is 4. The number of aromatic nitrogens is 2. The van der Waals surface area contributed by atoms with Crippen molar-refractivity contribution in [2.45, 2.75) is 6.42 Å². The Morgan fingerprint density at radius 3 is 2.67 bits per heavy atom. The summed E-state index contributed by atoms with van der Waals surface area (Å²) in [6.45, 7) is 0. The molecule has 0 unspecified atom stereocenters. The maximum Gasteiger partial charge on any atom is 0.259 e. The standard InChI is InChI=1S/C15H11Cl2N3O/c16-12-4-2-1-3-9(12)7-14-19-15(21-20-14)11-8-10(18)5-6-13(11)17/h1-6,8H,7,18H2. The van der Waals surface area contributed by atoms with Crippen LogP contribution in [-0.2, 0) is 6.42 Å². The zero-order chi connectivity index (χ0) is 14.8. The lowest BCUT2D eigenvalue weighted by Crippen LogP contribution is -1.92. The molecule has 1 heterocycles. The second kappa shape index (κ2) is 5.76. The van der Waals surface area contributed by atoms with Crippen molar-refractivity contribution in [1.82, 2.24) is 10.1 Å². The monoisotopic (exact) mass is 319 g/mol. The van der Waals surface area contributed by atoms with Gasteiger partial charge in [-0.15, -0.1) is 0 Å². The van der Waals surface area contributed by atoms with Gasteiger partial charge >= 0.3 is 0 Å². The molecule has 0 atom stereocenters. The molecule has 0 aliphatic rings. The molecular formula is C15H11Cl2N3O. The van der Waals surface area contributed by atoms with Crippen LogP contribution < -0.4 is 5.73 Å². The van der Waals surface area contributed by atoms with Gasteiger partial charge in [0.15, 0.2) is 5.82 Å². The summed E-state index contributed by atoms with van der Waals surface area (Å²) in [5, 5.41) is 5.14. The van der Waals surface area contributed by atoms with Crippen LogP contribution in [0.3, 0.4) is 0 Å². The first-order valence-electron chi connectivity index (χ1n) is 6.25. The highest BCUT2D eigenvalue weighted by molar-refractivity contribution is 6.33. The van der Waals surface area contributed by atoms with Gasteiger partial charge in [-0.25, -0.2) is 0 Å². The van der Waals surface area contributed by atoms with Gasteiger partial charge in [-0.3, -0.25) is 0 Å². The SMILES string of the molecule is Nc1ccc(Cl)c(-c2nc(Cc3ccccc3Cl)no2)c1. The second-order valence-electron chi connectivity index (χ2n) is 4.52. The molecule has 21 heavy (non-hydrogen) atoms. The van der Waals surface area contributed by atoms with Gasteiger partial charge in [0.25, 0.3) is 5.89 Å². The maximum absolute atomic E-state index is 6.12. The van der Waals surface area contributed by atoms with Crippen LogP contribution in [0.4, 0.5) is 5.69 Å². The molecule has 1 aromatic heterocycles. The first-order chi connectivity index (χ1) is 10.1. The highest BCUT2D eigenvalue weighted by atomic mass is 35.5. The molecule has 0 spiro atoms. The van der Waals surface area contributed by atoms with Gasteiger partial charge in [0.2, 0.25) is 0 Å². The number of rotatable bonds is 3. The fourth-order valence-corrected chi connectivity index (χ4v) is 2.35. The van der Waals surface area contributed by atoms with Gasteiger partial charge in [-0.1, -0.05) is 46.6 Å². The van der Waals surface area contributed by atoms with Crippen LogP contribution in [0.25, 0.3) is 11.5 Å². The van der Waals surface area contributed by atoms with Gasteiger partial charge in [0.05, 0.1) is 10.6 Å². The van der Waals surface area contributed by atoms with Gasteiger partial charge in [0, 0.05) is 17.1 Å².